The number of carboxylic acid groups (broad SMARTS) is 1. The number of nitriles is 1. The molecule has 0 amide bonds. The lowest BCUT2D eigenvalue weighted by Crippen LogP contribution is -2.05. The van der Waals surface area contributed by atoms with Crippen LogP contribution < -0.4 is 5.73 Å². The van der Waals surface area contributed by atoms with Gasteiger partial charge in [-0.3, -0.25) is 4.79 Å². The minimum Gasteiger partial charge on any atom is -0.481 e. The van der Waals surface area contributed by atoms with Gasteiger partial charge in [0.1, 0.15) is 0 Å². The van der Waals surface area contributed by atoms with Crippen molar-refractivity contribution in [3.05, 3.63) is 33.8 Å². The van der Waals surface area contributed by atoms with Crippen molar-refractivity contribution >= 4 is 17.6 Å². The Balaban J connectivity index is 3.21. The Morgan fingerprint density at radius 2 is 2.27 bits per heavy atom. The van der Waals surface area contributed by atoms with Crippen molar-refractivity contribution < 1.29 is 9.90 Å². The number of hydrogen-bond acceptors (Lipinski definition) is 3. The summed E-state index contributed by atoms with van der Waals surface area (Å²) < 4.78 is 0. The number of nitrogens with two attached hydrogens (primary N) is 1. The van der Waals surface area contributed by atoms with Gasteiger partial charge < -0.3 is 10.8 Å². The Bertz CT molecular complexity index is 438. The maximum atomic E-state index is 10.5. The van der Waals surface area contributed by atoms with Gasteiger partial charge in [-0.05, 0) is 17.7 Å². The van der Waals surface area contributed by atoms with E-state index in [1.165, 1.54) is 12.1 Å². The summed E-state index contributed by atoms with van der Waals surface area (Å²) in [4.78, 5) is 10.5. The Kier molecular flexibility index (Phi) is 3.67. The molecular formula is C10H9ClN2O2. The maximum absolute atomic E-state index is 10.5. The molecule has 0 aliphatic heterocycles. The van der Waals surface area contributed by atoms with Crippen molar-refractivity contribution in [2.24, 2.45) is 5.73 Å². The lowest BCUT2D eigenvalue weighted by atomic mass is 10.0. The molecule has 1 aromatic rings. The SMILES string of the molecule is N#Cc1cc(CC(=O)O)cc(Cl)c1CN. The van der Waals surface area contributed by atoms with Gasteiger partial charge >= 0.3 is 5.97 Å². The quantitative estimate of drug-likeness (QED) is 0.810. The Morgan fingerprint density at radius 1 is 1.60 bits per heavy atom. The van der Waals surface area contributed by atoms with Crippen LogP contribution in [0.4, 0.5) is 0 Å². The number of aliphatic carboxylic acids is 1. The molecule has 0 saturated carbocycles. The fourth-order valence-corrected chi connectivity index (χ4v) is 1.60. The van der Waals surface area contributed by atoms with E-state index in [-0.39, 0.29) is 13.0 Å². The zero-order valence-corrected chi connectivity index (χ0v) is 8.58. The summed E-state index contributed by atoms with van der Waals surface area (Å²) in [5, 5.41) is 17.8. The van der Waals surface area contributed by atoms with E-state index in [4.69, 9.17) is 27.7 Å². The van der Waals surface area contributed by atoms with Gasteiger partial charge in [0.15, 0.2) is 0 Å². The van der Waals surface area contributed by atoms with Crippen LogP contribution in [0.2, 0.25) is 5.02 Å². The summed E-state index contributed by atoms with van der Waals surface area (Å²) in [5.74, 6) is -0.963. The van der Waals surface area contributed by atoms with Crippen molar-refractivity contribution in [2.45, 2.75) is 13.0 Å². The van der Waals surface area contributed by atoms with E-state index in [0.717, 1.165) is 0 Å². The topological polar surface area (TPSA) is 87.1 Å². The Hall–Kier alpha value is -1.57. The molecule has 0 heterocycles. The number of rotatable bonds is 3. The minimum absolute atomic E-state index is 0.154. The third-order valence-electron chi connectivity index (χ3n) is 1.94. The highest BCUT2D eigenvalue weighted by Gasteiger charge is 2.09. The van der Waals surface area contributed by atoms with Crippen molar-refractivity contribution in [3.63, 3.8) is 0 Å². The molecule has 4 nitrogen and oxygen atoms in total. The number of benzene rings is 1. The highest BCUT2D eigenvalue weighted by atomic mass is 35.5. The molecule has 0 aliphatic carbocycles. The van der Waals surface area contributed by atoms with Gasteiger partial charge in [0.25, 0.3) is 0 Å². The molecule has 0 aliphatic rings. The van der Waals surface area contributed by atoms with Crippen LogP contribution in [-0.4, -0.2) is 11.1 Å². The first-order chi connectivity index (χ1) is 7.08. The van der Waals surface area contributed by atoms with Crippen LogP contribution in [0.3, 0.4) is 0 Å². The predicted molar refractivity (Wildman–Crippen MR) is 55.4 cm³/mol. The minimum atomic E-state index is -0.963. The summed E-state index contributed by atoms with van der Waals surface area (Å²) in [6.07, 6.45) is -0.154. The van der Waals surface area contributed by atoms with E-state index in [1.54, 1.807) is 0 Å². The molecule has 0 bridgehead atoms. The van der Waals surface area contributed by atoms with Gasteiger partial charge in [0, 0.05) is 17.1 Å². The first kappa shape index (κ1) is 11.5. The zero-order valence-electron chi connectivity index (χ0n) is 7.83. The number of halogens is 1. The molecule has 3 N–H and O–H groups in total. The molecule has 0 aromatic heterocycles. The summed E-state index contributed by atoms with van der Waals surface area (Å²) in [5.41, 5.74) is 6.81. The van der Waals surface area contributed by atoms with Gasteiger partial charge in [-0.15, -0.1) is 0 Å². The summed E-state index contributed by atoms with van der Waals surface area (Å²) in [6, 6.07) is 4.97. The summed E-state index contributed by atoms with van der Waals surface area (Å²) in [6.45, 7) is 0.162. The second kappa shape index (κ2) is 4.78. The van der Waals surface area contributed by atoms with Crippen molar-refractivity contribution in [1.82, 2.24) is 0 Å². The number of carboxylic acids is 1. The lowest BCUT2D eigenvalue weighted by Gasteiger charge is -2.06. The molecular weight excluding hydrogens is 216 g/mol. The largest absolute Gasteiger partial charge is 0.481 e. The Labute approximate surface area is 91.9 Å². The van der Waals surface area contributed by atoms with Crippen LogP contribution in [0.5, 0.6) is 0 Å². The lowest BCUT2D eigenvalue weighted by molar-refractivity contribution is -0.136. The molecule has 0 saturated heterocycles. The molecule has 15 heavy (non-hydrogen) atoms. The predicted octanol–water partition coefficient (Wildman–Crippen LogP) is 1.30. The second-order valence-electron chi connectivity index (χ2n) is 2.99. The molecule has 0 atom stereocenters. The van der Waals surface area contributed by atoms with Crippen LogP contribution in [0.15, 0.2) is 12.1 Å². The average molecular weight is 225 g/mol. The number of hydrogen-bond donors (Lipinski definition) is 2. The third kappa shape index (κ3) is 2.69. The van der Waals surface area contributed by atoms with E-state index in [9.17, 15) is 4.79 Å². The van der Waals surface area contributed by atoms with Crippen molar-refractivity contribution in [1.29, 1.82) is 5.26 Å². The molecule has 1 aromatic carbocycles. The smallest absolute Gasteiger partial charge is 0.307 e. The fraction of sp³-hybridized carbons (Fsp3) is 0.200. The van der Waals surface area contributed by atoms with E-state index in [2.05, 4.69) is 0 Å². The van der Waals surface area contributed by atoms with Crippen molar-refractivity contribution in [2.75, 3.05) is 0 Å². The van der Waals surface area contributed by atoms with E-state index in [0.29, 0.717) is 21.7 Å². The highest BCUT2D eigenvalue weighted by Crippen LogP contribution is 2.22. The molecule has 1 rings (SSSR count). The van der Waals surface area contributed by atoms with Crippen LogP contribution in [0, 0.1) is 11.3 Å². The number of nitrogens with zero attached hydrogens (tertiary/aromatic N) is 1. The summed E-state index contributed by atoms with van der Waals surface area (Å²) in [7, 11) is 0. The Morgan fingerprint density at radius 3 is 2.73 bits per heavy atom. The fourth-order valence-electron chi connectivity index (χ4n) is 1.28. The average Bonchev–Trinajstić information content (AvgIpc) is 2.15. The van der Waals surface area contributed by atoms with Crippen LogP contribution in [0.25, 0.3) is 0 Å². The zero-order chi connectivity index (χ0) is 11.4. The van der Waals surface area contributed by atoms with Gasteiger partial charge in [-0.25, -0.2) is 0 Å². The molecule has 78 valence electrons. The van der Waals surface area contributed by atoms with E-state index >= 15 is 0 Å². The van der Waals surface area contributed by atoms with Gasteiger partial charge in [0.2, 0.25) is 0 Å². The van der Waals surface area contributed by atoms with E-state index < -0.39 is 5.97 Å². The second-order valence-corrected chi connectivity index (χ2v) is 3.40. The first-order valence-electron chi connectivity index (χ1n) is 4.21. The highest BCUT2D eigenvalue weighted by molar-refractivity contribution is 6.31. The molecule has 0 fully saturated rings. The number of carbonyl (C=O) groups is 1. The van der Waals surface area contributed by atoms with Gasteiger partial charge in [0.05, 0.1) is 18.1 Å². The molecule has 5 heteroatoms. The third-order valence-corrected chi connectivity index (χ3v) is 2.27. The van der Waals surface area contributed by atoms with Gasteiger partial charge in [-0.2, -0.15) is 5.26 Å². The standard InChI is InChI=1S/C10H9ClN2O2/c11-9-2-6(3-10(14)15)1-7(4-12)8(9)5-13/h1-2H,3,5,13H2,(H,14,15). The monoisotopic (exact) mass is 224 g/mol. The van der Waals surface area contributed by atoms with Gasteiger partial charge in [-0.1, -0.05) is 11.6 Å². The van der Waals surface area contributed by atoms with Crippen molar-refractivity contribution in [3.8, 4) is 6.07 Å². The first-order valence-corrected chi connectivity index (χ1v) is 4.59. The molecule has 0 radical (unpaired) electrons. The molecule has 0 unspecified atom stereocenters. The summed E-state index contributed by atoms with van der Waals surface area (Å²) >= 11 is 5.87. The molecule has 0 spiro atoms. The maximum Gasteiger partial charge on any atom is 0.307 e. The van der Waals surface area contributed by atoms with Crippen LogP contribution in [-0.2, 0) is 17.8 Å². The van der Waals surface area contributed by atoms with Crippen LogP contribution in [0.1, 0.15) is 16.7 Å². The van der Waals surface area contributed by atoms with Crippen LogP contribution >= 0.6 is 11.6 Å². The van der Waals surface area contributed by atoms with E-state index in [1.807, 2.05) is 6.07 Å². The normalized spacial score (nSPS) is 9.67.